The van der Waals surface area contributed by atoms with Crippen molar-refractivity contribution in [1.29, 1.82) is 0 Å². The van der Waals surface area contributed by atoms with Crippen LogP contribution in [0.3, 0.4) is 0 Å². The van der Waals surface area contributed by atoms with Gasteiger partial charge in [-0.2, -0.15) is 0 Å². The van der Waals surface area contributed by atoms with Gasteiger partial charge in [0.15, 0.2) is 0 Å². The van der Waals surface area contributed by atoms with E-state index in [0.29, 0.717) is 12.3 Å². The van der Waals surface area contributed by atoms with E-state index in [2.05, 4.69) is 28.2 Å². The Hall–Kier alpha value is -0.0500. The lowest BCUT2D eigenvalue weighted by Gasteiger charge is -2.30. The first kappa shape index (κ1) is 14.0. The first-order chi connectivity index (χ1) is 7.77. The molecular formula is C13H24BrNO. The first-order valence-electron chi connectivity index (χ1n) is 6.60. The highest BCUT2D eigenvalue weighted by Crippen LogP contribution is 2.30. The van der Waals surface area contributed by atoms with Crippen molar-refractivity contribution in [3.8, 4) is 0 Å². The van der Waals surface area contributed by atoms with Crippen LogP contribution >= 0.6 is 15.9 Å². The van der Waals surface area contributed by atoms with E-state index < -0.39 is 0 Å². The van der Waals surface area contributed by atoms with Crippen molar-refractivity contribution in [3.05, 3.63) is 0 Å². The predicted octanol–water partition coefficient (Wildman–Crippen LogP) is 3.49. The Morgan fingerprint density at radius 1 is 1.31 bits per heavy atom. The predicted molar refractivity (Wildman–Crippen MR) is 71.8 cm³/mol. The maximum Gasteiger partial charge on any atom is 0.220 e. The van der Waals surface area contributed by atoms with Crippen LogP contribution in [0.25, 0.3) is 0 Å². The standard InChI is InChI=1S/C13H24BrNO/c1-2-3-8-13(16)15-10-12-7-5-4-6-11(12)9-14/h11-12H,2-10H2,1H3,(H,15,16). The number of carbonyl (C=O) groups is 1. The number of amides is 1. The minimum absolute atomic E-state index is 0.237. The fourth-order valence-corrected chi connectivity index (χ4v) is 3.28. The number of halogens is 1. The van der Waals surface area contributed by atoms with Crippen molar-refractivity contribution >= 4 is 21.8 Å². The van der Waals surface area contributed by atoms with Gasteiger partial charge in [0.25, 0.3) is 0 Å². The summed E-state index contributed by atoms with van der Waals surface area (Å²) in [4.78, 5) is 11.5. The lowest BCUT2D eigenvalue weighted by Crippen LogP contribution is -2.34. The lowest BCUT2D eigenvalue weighted by molar-refractivity contribution is -0.121. The van der Waals surface area contributed by atoms with Gasteiger partial charge < -0.3 is 5.32 Å². The number of alkyl halides is 1. The molecule has 1 saturated carbocycles. The van der Waals surface area contributed by atoms with Gasteiger partial charge in [-0.1, -0.05) is 42.1 Å². The Labute approximate surface area is 108 Å². The third kappa shape index (κ3) is 4.86. The molecule has 0 aromatic rings. The third-order valence-corrected chi connectivity index (χ3v) is 4.42. The normalized spacial score (nSPS) is 25.4. The lowest BCUT2D eigenvalue weighted by atomic mass is 9.80. The Balaban J connectivity index is 2.21. The van der Waals surface area contributed by atoms with Crippen molar-refractivity contribution in [2.45, 2.75) is 51.9 Å². The maximum atomic E-state index is 11.5. The fraction of sp³-hybridized carbons (Fsp3) is 0.923. The molecule has 3 heteroatoms. The molecule has 0 bridgehead atoms. The summed E-state index contributed by atoms with van der Waals surface area (Å²) >= 11 is 3.59. The van der Waals surface area contributed by atoms with Crippen molar-refractivity contribution in [3.63, 3.8) is 0 Å². The van der Waals surface area contributed by atoms with Crippen LogP contribution in [0.1, 0.15) is 51.9 Å². The van der Waals surface area contributed by atoms with Gasteiger partial charge in [-0.15, -0.1) is 0 Å². The Morgan fingerprint density at radius 3 is 2.62 bits per heavy atom. The average Bonchev–Trinajstić information content (AvgIpc) is 2.34. The number of hydrogen-bond acceptors (Lipinski definition) is 1. The third-order valence-electron chi connectivity index (χ3n) is 3.58. The molecule has 0 aromatic heterocycles. The van der Waals surface area contributed by atoms with Crippen LogP contribution in [-0.2, 0) is 4.79 Å². The molecule has 1 rings (SSSR count). The quantitative estimate of drug-likeness (QED) is 0.745. The number of hydrogen-bond donors (Lipinski definition) is 1. The molecule has 0 spiro atoms. The van der Waals surface area contributed by atoms with E-state index in [0.717, 1.165) is 30.6 Å². The maximum absolute atomic E-state index is 11.5. The van der Waals surface area contributed by atoms with E-state index in [1.807, 2.05) is 0 Å². The summed E-state index contributed by atoms with van der Waals surface area (Å²) in [6.07, 6.45) is 8.10. The van der Waals surface area contributed by atoms with Crippen molar-refractivity contribution in [2.75, 3.05) is 11.9 Å². The highest BCUT2D eigenvalue weighted by Gasteiger charge is 2.24. The molecule has 1 N–H and O–H groups in total. The summed E-state index contributed by atoms with van der Waals surface area (Å²) in [6.45, 7) is 3.01. The van der Waals surface area contributed by atoms with Crippen LogP contribution in [0, 0.1) is 11.8 Å². The average molecular weight is 290 g/mol. The minimum atomic E-state index is 0.237. The molecule has 0 aromatic carbocycles. The van der Waals surface area contributed by atoms with Gasteiger partial charge in [0.1, 0.15) is 0 Å². The molecule has 1 amide bonds. The van der Waals surface area contributed by atoms with Gasteiger partial charge in [0, 0.05) is 18.3 Å². The molecule has 0 aliphatic heterocycles. The van der Waals surface area contributed by atoms with Gasteiger partial charge in [0.05, 0.1) is 0 Å². The van der Waals surface area contributed by atoms with Gasteiger partial charge in [0.2, 0.25) is 5.91 Å². The summed E-state index contributed by atoms with van der Waals surface area (Å²) in [5, 5.41) is 4.18. The molecule has 16 heavy (non-hydrogen) atoms. The minimum Gasteiger partial charge on any atom is -0.356 e. The van der Waals surface area contributed by atoms with Gasteiger partial charge in [-0.05, 0) is 31.1 Å². The molecular weight excluding hydrogens is 266 g/mol. The zero-order valence-corrected chi connectivity index (χ0v) is 11.9. The van der Waals surface area contributed by atoms with Crippen LogP contribution in [0.15, 0.2) is 0 Å². The summed E-state index contributed by atoms with van der Waals surface area (Å²) in [7, 11) is 0. The van der Waals surface area contributed by atoms with E-state index in [-0.39, 0.29) is 5.91 Å². The second-order valence-corrected chi connectivity index (χ2v) is 5.51. The monoisotopic (exact) mass is 289 g/mol. The van der Waals surface area contributed by atoms with Gasteiger partial charge in [-0.3, -0.25) is 4.79 Å². The van der Waals surface area contributed by atoms with Crippen LogP contribution in [0.4, 0.5) is 0 Å². The van der Waals surface area contributed by atoms with Crippen LogP contribution in [0.5, 0.6) is 0 Å². The molecule has 0 heterocycles. The zero-order chi connectivity index (χ0) is 11.8. The van der Waals surface area contributed by atoms with E-state index in [4.69, 9.17) is 0 Å². The summed E-state index contributed by atoms with van der Waals surface area (Å²) < 4.78 is 0. The number of nitrogens with one attached hydrogen (secondary N) is 1. The van der Waals surface area contributed by atoms with E-state index >= 15 is 0 Å². The molecule has 1 aliphatic carbocycles. The SMILES string of the molecule is CCCCC(=O)NCC1CCCCC1CBr. The first-order valence-corrected chi connectivity index (χ1v) is 7.72. The number of carbonyl (C=O) groups excluding carboxylic acids is 1. The summed E-state index contributed by atoms with van der Waals surface area (Å²) in [6, 6.07) is 0. The zero-order valence-electron chi connectivity index (χ0n) is 10.3. The number of rotatable bonds is 6. The van der Waals surface area contributed by atoms with Crippen molar-refractivity contribution in [2.24, 2.45) is 11.8 Å². The van der Waals surface area contributed by atoms with Gasteiger partial charge in [-0.25, -0.2) is 0 Å². The molecule has 1 aliphatic rings. The van der Waals surface area contributed by atoms with E-state index in [9.17, 15) is 4.79 Å². The largest absolute Gasteiger partial charge is 0.356 e. The highest BCUT2D eigenvalue weighted by atomic mass is 79.9. The Bertz CT molecular complexity index is 208. The van der Waals surface area contributed by atoms with Crippen LogP contribution in [-0.4, -0.2) is 17.8 Å². The second kappa shape index (κ2) is 8.10. The second-order valence-electron chi connectivity index (χ2n) is 4.87. The summed E-state index contributed by atoms with van der Waals surface area (Å²) in [5.41, 5.74) is 0. The van der Waals surface area contributed by atoms with Crippen LogP contribution in [0.2, 0.25) is 0 Å². The molecule has 2 nitrogen and oxygen atoms in total. The molecule has 0 saturated heterocycles. The van der Waals surface area contributed by atoms with Gasteiger partial charge >= 0.3 is 0 Å². The molecule has 2 unspecified atom stereocenters. The van der Waals surface area contributed by atoms with Crippen molar-refractivity contribution in [1.82, 2.24) is 5.32 Å². The fourth-order valence-electron chi connectivity index (χ4n) is 2.43. The molecule has 94 valence electrons. The molecule has 0 radical (unpaired) electrons. The smallest absolute Gasteiger partial charge is 0.220 e. The van der Waals surface area contributed by atoms with E-state index in [1.165, 1.54) is 25.7 Å². The Kier molecular flexibility index (Phi) is 7.10. The molecule has 2 atom stereocenters. The Morgan fingerprint density at radius 2 is 2.00 bits per heavy atom. The highest BCUT2D eigenvalue weighted by molar-refractivity contribution is 9.09. The van der Waals surface area contributed by atoms with Crippen molar-refractivity contribution < 1.29 is 4.79 Å². The van der Waals surface area contributed by atoms with Crippen LogP contribution < -0.4 is 5.32 Å². The van der Waals surface area contributed by atoms with E-state index in [1.54, 1.807) is 0 Å². The topological polar surface area (TPSA) is 29.1 Å². The molecule has 1 fully saturated rings. The summed E-state index contributed by atoms with van der Waals surface area (Å²) in [5.74, 6) is 1.69. The number of unbranched alkanes of at least 4 members (excludes halogenated alkanes) is 1.